The molecule has 0 aliphatic carbocycles. The molecule has 13 heavy (non-hydrogen) atoms. The largest absolute Gasteiger partial charge is 0.468 e. The average molecular weight is 210 g/mol. The molecule has 5 nitrogen and oxygen atoms in total. The average Bonchev–Trinajstić information content (AvgIpc) is 1.96. The maximum absolute atomic E-state index is 11.0. The lowest BCUT2D eigenvalue weighted by molar-refractivity contribution is -0.140. The van der Waals surface area contributed by atoms with Crippen molar-refractivity contribution in [1.29, 1.82) is 0 Å². The third-order valence-electron chi connectivity index (χ3n) is 1.57. The third kappa shape index (κ3) is 4.41. The van der Waals surface area contributed by atoms with E-state index in [1.54, 1.807) is 13.8 Å². The molecule has 0 saturated heterocycles. The van der Waals surface area contributed by atoms with Gasteiger partial charge in [-0.15, -0.1) is 0 Å². The minimum atomic E-state index is -4.38. The molecule has 0 amide bonds. The van der Waals surface area contributed by atoms with E-state index in [-0.39, 0.29) is 12.3 Å². The summed E-state index contributed by atoms with van der Waals surface area (Å²) in [5.74, 6) is -0.807. The van der Waals surface area contributed by atoms with Crippen LogP contribution in [0, 0.1) is 5.92 Å². The highest BCUT2D eigenvalue weighted by Gasteiger charge is 2.36. The molecule has 0 aromatic rings. The summed E-state index contributed by atoms with van der Waals surface area (Å²) < 4.78 is 15.2. The number of hydrogen-bond donors (Lipinski definition) is 2. The van der Waals surface area contributed by atoms with Crippen LogP contribution in [0.3, 0.4) is 0 Å². The van der Waals surface area contributed by atoms with E-state index in [2.05, 4.69) is 4.74 Å². The van der Waals surface area contributed by atoms with Crippen LogP contribution in [0.1, 0.15) is 20.3 Å². The Morgan fingerprint density at radius 2 is 1.92 bits per heavy atom. The van der Waals surface area contributed by atoms with Crippen LogP contribution >= 0.6 is 7.60 Å². The molecule has 0 aliphatic rings. The molecule has 78 valence electrons. The summed E-state index contributed by atoms with van der Waals surface area (Å²) >= 11 is 0. The van der Waals surface area contributed by atoms with Crippen molar-refractivity contribution < 1.29 is 23.9 Å². The molecule has 0 spiro atoms. The van der Waals surface area contributed by atoms with Gasteiger partial charge in [-0.1, -0.05) is 13.8 Å². The van der Waals surface area contributed by atoms with E-state index in [0.29, 0.717) is 0 Å². The van der Waals surface area contributed by atoms with E-state index >= 15 is 0 Å². The van der Waals surface area contributed by atoms with Crippen molar-refractivity contribution in [3.63, 3.8) is 0 Å². The first-order valence-electron chi connectivity index (χ1n) is 3.92. The molecule has 1 atom stereocenters. The first-order chi connectivity index (χ1) is 5.79. The molecule has 0 heterocycles. The first-order valence-corrected chi connectivity index (χ1v) is 5.60. The molecule has 0 saturated carbocycles. The van der Waals surface area contributed by atoms with E-state index in [1.165, 1.54) is 0 Å². The zero-order chi connectivity index (χ0) is 10.6. The monoisotopic (exact) mass is 210 g/mol. The number of esters is 1. The maximum atomic E-state index is 11.0. The van der Waals surface area contributed by atoms with Crippen molar-refractivity contribution in [2.24, 2.45) is 5.92 Å². The van der Waals surface area contributed by atoms with Gasteiger partial charge in [0.25, 0.3) is 0 Å². The predicted molar refractivity (Wildman–Crippen MR) is 47.3 cm³/mol. The van der Waals surface area contributed by atoms with E-state index < -0.39 is 19.2 Å². The smallest absolute Gasteiger partial charge is 0.339 e. The Bertz CT molecular complexity index is 219. The van der Waals surface area contributed by atoms with Crippen LogP contribution in [-0.2, 0) is 14.1 Å². The fraction of sp³-hybridized carbons (Fsp3) is 0.857. The SMILES string of the molecule is COC(=O)C(CC(C)C)P(=O)(O)O. The number of rotatable bonds is 4. The van der Waals surface area contributed by atoms with Gasteiger partial charge in [-0.2, -0.15) is 0 Å². The lowest BCUT2D eigenvalue weighted by atomic mass is 10.1. The third-order valence-corrected chi connectivity index (χ3v) is 2.81. The molecule has 6 heteroatoms. The Balaban J connectivity index is 4.57. The van der Waals surface area contributed by atoms with Crippen LogP contribution in [0.5, 0.6) is 0 Å². The molecule has 0 rings (SSSR count). The Morgan fingerprint density at radius 3 is 2.15 bits per heavy atom. The Hall–Kier alpha value is -0.380. The second-order valence-corrected chi connectivity index (χ2v) is 5.06. The van der Waals surface area contributed by atoms with Gasteiger partial charge in [0, 0.05) is 0 Å². The van der Waals surface area contributed by atoms with Gasteiger partial charge in [-0.05, 0) is 12.3 Å². The molecule has 0 radical (unpaired) electrons. The van der Waals surface area contributed by atoms with Gasteiger partial charge in [0.2, 0.25) is 0 Å². The Morgan fingerprint density at radius 1 is 1.46 bits per heavy atom. The second-order valence-electron chi connectivity index (χ2n) is 3.26. The zero-order valence-electron chi connectivity index (χ0n) is 7.93. The number of carbonyl (C=O) groups is 1. The highest BCUT2D eigenvalue weighted by molar-refractivity contribution is 7.53. The summed E-state index contributed by atoms with van der Waals surface area (Å²) in [6.07, 6.45) is 0.136. The number of methoxy groups -OCH3 is 1. The Kier molecular flexibility index (Phi) is 4.61. The molecule has 0 aromatic carbocycles. The van der Waals surface area contributed by atoms with Crippen molar-refractivity contribution in [3.8, 4) is 0 Å². The number of carbonyl (C=O) groups excluding carboxylic acids is 1. The summed E-state index contributed by atoms with van der Waals surface area (Å²) in [6, 6.07) is 0. The van der Waals surface area contributed by atoms with Crippen molar-refractivity contribution in [3.05, 3.63) is 0 Å². The molecule has 1 unspecified atom stereocenters. The van der Waals surface area contributed by atoms with Crippen molar-refractivity contribution in [1.82, 2.24) is 0 Å². The molecular formula is C7H15O5P. The predicted octanol–water partition coefficient (Wildman–Crippen LogP) is 0.752. The lowest BCUT2D eigenvalue weighted by Crippen LogP contribution is -2.24. The highest BCUT2D eigenvalue weighted by Crippen LogP contribution is 2.44. The summed E-state index contributed by atoms with van der Waals surface area (Å²) in [7, 11) is -3.26. The Labute approximate surface area is 77.3 Å². The van der Waals surface area contributed by atoms with Crippen LogP contribution in [0.25, 0.3) is 0 Å². The topological polar surface area (TPSA) is 83.8 Å². The van der Waals surface area contributed by atoms with Crippen molar-refractivity contribution in [2.75, 3.05) is 7.11 Å². The van der Waals surface area contributed by atoms with E-state index in [0.717, 1.165) is 7.11 Å². The second kappa shape index (κ2) is 4.74. The molecule has 0 aliphatic heterocycles. The first kappa shape index (κ1) is 12.6. The fourth-order valence-electron chi connectivity index (χ4n) is 0.953. The molecule has 0 fully saturated rings. The van der Waals surface area contributed by atoms with Gasteiger partial charge in [-0.3, -0.25) is 9.36 Å². The summed E-state index contributed by atoms with van der Waals surface area (Å²) in [4.78, 5) is 28.7. The molecule has 0 aromatic heterocycles. The zero-order valence-corrected chi connectivity index (χ0v) is 8.82. The number of hydrogen-bond acceptors (Lipinski definition) is 3. The fourth-order valence-corrected chi connectivity index (χ4v) is 2.03. The normalized spacial score (nSPS) is 14.3. The van der Waals surface area contributed by atoms with Gasteiger partial charge >= 0.3 is 13.6 Å². The minimum absolute atomic E-state index is 0.0386. The van der Waals surface area contributed by atoms with E-state index in [4.69, 9.17) is 9.79 Å². The van der Waals surface area contributed by atoms with E-state index in [1.807, 2.05) is 0 Å². The van der Waals surface area contributed by atoms with Crippen molar-refractivity contribution >= 4 is 13.6 Å². The summed E-state index contributed by atoms with van der Waals surface area (Å²) in [5, 5.41) is 0. The van der Waals surface area contributed by atoms with Crippen LogP contribution in [0.2, 0.25) is 0 Å². The molecule has 2 N–H and O–H groups in total. The minimum Gasteiger partial charge on any atom is -0.468 e. The standard InChI is InChI=1S/C7H15O5P/c1-5(2)4-6(7(8)12-3)13(9,10)11/h5-6H,4H2,1-3H3,(H2,9,10,11). The van der Waals surface area contributed by atoms with Gasteiger partial charge in [-0.25, -0.2) is 0 Å². The lowest BCUT2D eigenvalue weighted by Gasteiger charge is -2.17. The highest BCUT2D eigenvalue weighted by atomic mass is 31.2. The van der Waals surface area contributed by atoms with Crippen LogP contribution in [-0.4, -0.2) is 28.5 Å². The van der Waals surface area contributed by atoms with Gasteiger partial charge in [0.15, 0.2) is 5.66 Å². The van der Waals surface area contributed by atoms with Crippen LogP contribution < -0.4 is 0 Å². The molecular weight excluding hydrogens is 195 g/mol. The summed E-state index contributed by atoms with van der Waals surface area (Å²) in [6.45, 7) is 3.57. The van der Waals surface area contributed by atoms with Gasteiger partial charge in [0.1, 0.15) is 0 Å². The van der Waals surface area contributed by atoms with Gasteiger partial charge < -0.3 is 14.5 Å². The van der Waals surface area contributed by atoms with E-state index in [9.17, 15) is 9.36 Å². The van der Waals surface area contributed by atoms with Gasteiger partial charge in [0.05, 0.1) is 7.11 Å². The van der Waals surface area contributed by atoms with Crippen molar-refractivity contribution in [2.45, 2.75) is 25.9 Å². The molecule has 0 bridgehead atoms. The van der Waals surface area contributed by atoms with Crippen LogP contribution in [0.15, 0.2) is 0 Å². The summed E-state index contributed by atoms with van der Waals surface area (Å²) in [5.41, 5.74) is -1.32. The quantitative estimate of drug-likeness (QED) is 0.528. The number of ether oxygens (including phenoxy) is 1. The maximum Gasteiger partial charge on any atom is 0.339 e. The van der Waals surface area contributed by atoms with Crippen LogP contribution in [0.4, 0.5) is 0 Å².